The summed E-state index contributed by atoms with van der Waals surface area (Å²) in [5.74, 6) is 2.09. The third kappa shape index (κ3) is 1.76. The summed E-state index contributed by atoms with van der Waals surface area (Å²) in [6.45, 7) is 2.05. The van der Waals surface area contributed by atoms with Crippen LogP contribution in [-0.4, -0.2) is 13.2 Å². The molecule has 2 fully saturated rings. The second-order valence-electron chi connectivity index (χ2n) is 3.99. The molecule has 2 unspecified atom stereocenters. The van der Waals surface area contributed by atoms with Crippen molar-refractivity contribution in [3.05, 3.63) is 0 Å². The molecule has 1 aliphatic carbocycles. The minimum Gasteiger partial charge on any atom is -0.381 e. The van der Waals surface area contributed by atoms with Gasteiger partial charge >= 0.3 is 0 Å². The van der Waals surface area contributed by atoms with Crippen molar-refractivity contribution in [3.8, 4) is 0 Å². The monoisotopic (exact) mass is 154 g/mol. The van der Waals surface area contributed by atoms with Crippen molar-refractivity contribution in [1.29, 1.82) is 0 Å². The quantitative estimate of drug-likeness (QED) is 0.521. The summed E-state index contributed by atoms with van der Waals surface area (Å²) in [5.41, 5.74) is 0. The van der Waals surface area contributed by atoms with Crippen molar-refractivity contribution < 1.29 is 4.74 Å². The molecule has 0 aromatic heterocycles. The van der Waals surface area contributed by atoms with E-state index in [1.165, 1.54) is 38.5 Å². The molecule has 0 radical (unpaired) electrons. The highest BCUT2D eigenvalue weighted by atomic mass is 16.5. The largest absolute Gasteiger partial charge is 0.381 e. The standard InChI is InChI=1S/C10H18O/c1-3-9-5-2-7-11-8-6-10(9)4-1/h9-10H,1-8H2. The summed E-state index contributed by atoms with van der Waals surface area (Å²) < 4.78 is 5.48. The van der Waals surface area contributed by atoms with Crippen LogP contribution in [0.4, 0.5) is 0 Å². The highest BCUT2D eigenvalue weighted by Gasteiger charge is 2.27. The highest BCUT2D eigenvalue weighted by Crippen LogP contribution is 2.37. The molecule has 0 N–H and O–H groups in total. The normalized spacial score (nSPS) is 39.3. The Balaban J connectivity index is 1.89. The van der Waals surface area contributed by atoms with Crippen LogP contribution in [0.2, 0.25) is 0 Å². The Kier molecular flexibility index (Phi) is 2.47. The van der Waals surface area contributed by atoms with Gasteiger partial charge < -0.3 is 4.74 Å². The molecular weight excluding hydrogens is 136 g/mol. The van der Waals surface area contributed by atoms with Gasteiger partial charge in [-0.1, -0.05) is 19.3 Å². The second-order valence-corrected chi connectivity index (χ2v) is 3.99. The molecule has 64 valence electrons. The Hall–Kier alpha value is -0.0400. The van der Waals surface area contributed by atoms with Gasteiger partial charge in [0.25, 0.3) is 0 Å². The van der Waals surface area contributed by atoms with Crippen LogP contribution in [0.15, 0.2) is 0 Å². The van der Waals surface area contributed by atoms with E-state index < -0.39 is 0 Å². The number of hydrogen-bond acceptors (Lipinski definition) is 1. The van der Waals surface area contributed by atoms with Crippen molar-refractivity contribution in [3.63, 3.8) is 0 Å². The molecule has 1 saturated heterocycles. The topological polar surface area (TPSA) is 9.23 Å². The van der Waals surface area contributed by atoms with Crippen LogP contribution >= 0.6 is 0 Å². The smallest absolute Gasteiger partial charge is 0.0468 e. The van der Waals surface area contributed by atoms with E-state index in [1.807, 2.05) is 0 Å². The molecule has 1 heteroatoms. The first kappa shape index (κ1) is 7.60. The third-order valence-electron chi connectivity index (χ3n) is 3.31. The van der Waals surface area contributed by atoms with Crippen LogP contribution < -0.4 is 0 Å². The molecule has 0 amide bonds. The lowest BCUT2D eigenvalue weighted by molar-refractivity contribution is 0.0878. The predicted octanol–water partition coefficient (Wildman–Crippen LogP) is 2.60. The Morgan fingerprint density at radius 3 is 2.36 bits per heavy atom. The third-order valence-corrected chi connectivity index (χ3v) is 3.31. The van der Waals surface area contributed by atoms with E-state index in [0.29, 0.717) is 0 Å². The maximum absolute atomic E-state index is 5.48. The Morgan fingerprint density at radius 2 is 1.45 bits per heavy atom. The van der Waals surface area contributed by atoms with Crippen LogP contribution in [0.5, 0.6) is 0 Å². The first-order valence-corrected chi connectivity index (χ1v) is 5.04. The van der Waals surface area contributed by atoms with Gasteiger partial charge in [-0.05, 0) is 31.1 Å². The van der Waals surface area contributed by atoms with Crippen molar-refractivity contribution >= 4 is 0 Å². The van der Waals surface area contributed by atoms with E-state index in [2.05, 4.69) is 0 Å². The van der Waals surface area contributed by atoms with Crippen LogP contribution in [0.25, 0.3) is 0 Å². The average Bonchev–Trinajstić information content (AvgIpc) is 2.35. The predicted molar refractivity (Wildman–Crippen MR) is 45.5 cm³/mol. The summed E-state index contributed by atoms with van der Waals surface area (Å²) in [5, 5.41) is 0. The maximum Gasteiger partial charge on any atom is 0.0468 e. The molecule has 0 aromatic rings. The van der Waals surface area contributed by atoms with Crippen molar-refractivity contribution in [2.75, 3.05) is 13.2 Å². The number of fused-ring (bicyclic) bond motifs is 1. The van der Waals surface area contributed by atoms with Gasteiger partial charge in [-0.15, -0.1) is 0 Å². The van der Waals surface area contributed by atoms with Crippen LogP contribution in [0.1, 0.15) is 38.5 Å². The average molecular weight is 154 g/mol. The lowest BCUT2D eigenvalue weighted by Crippen LogP contribution is -2.15. The number of hydrogen-bond donors (Lipinski definition) is 0. The minimum atomic E-state index is 1.02. The maximum atomic E-state index is 5.48. The summed E-state index contributed by atoms with van der Waals surface area (Å²) >= 11 is 0. The summed E-state index contributed by atoms with van der Waals surface area (Å²) in [7, 11) is 0. The molecule has 1 nitrogen and oxygen atoms in total. The summed E-state index contributed by atoms with van der Waals surface area (Å²) in [6.07, 6.45) is 8.55. The van der Waals surface area contributed by atoms with Gasteiger partial charge in [0.2, 0.25) is 0 Å². The van der Waals surface area contributed by atoms with Gasteiger partial charge in [-0.2, -0.15) is 0 Å². The SMILES string of the molecule is C1COCCC2CCCC2C1. The molecule has 1 heterocycles. The van der Waals surface area contributed by atoms with Crippen molar-refractivity contribution in [2.24, 2.45) is 11.8 Å². The molecule has 1 saturated carbocycles. The van der Waals surface area contributed by atoms with Crippen LogP contribution in [0.3, 0.4) is 0 Å². The van der Waals surface area contributed by atoms with E-state index in [1.54, 1.807) is 0 Å². The molecule has 2 aliphatic rings. The molecule has 1 aliphatic heterocycles. The molecule has 0 aromatic carbocycles. The first-order chi connectivity index (χ1) is 5.47. The Morgan fingerprint density at radius 1 is 0.727 bits per heavy atom. The van der Waals surface area contributed by atoms with Crippen molar-refractivity contribution in [1.82, 2.24) is 0 Å². The number of ether oxygens (including phenoxy) is 1. The number of rotatable bonds is 0. The van der Waals surface area contributed by atoms with E-state index in [4.69, 9.17) is 4.74 Å². The van der Waals surface area contributed by atoms with E-state index in [9.17, 15) is 0 Å². The van der Waals surface area contributed by atoms with Gasteiger partial charge in [0.05, 0.1) is 0 Å². The van der Waals surface area contributed by atoms with Crippen LogP contribution in [-0.2, 0) is 4.74 Å². The fourth-order valence-electron chi connectivity index (χ4n) is 2.66. The molecule has 11 heavy (non-hydrogen) atoms. The molecule has 0 spiro atoms. The summed E-state index contributed by atoms with van der Waals surface area (Å²) in [4.78, 5) is 0. The fourth-order valence-corrected chi connectivity index (χ4v) is 2.66. The van der Waals surface area contributed by atoms with Gasteiger partial charge in [0, 0.05) is 13.2 Å². The molecule has 2 rings (SSSR count). The van der Waals surface area contributed by atoms with E-state index in [0.717, 1.165) is 25.0 Å². The highest BCUT2D eigenvalue weighted by molar-refractivity contribution is 4.78. The lowest BCUT2D eigenvalue weighted by Gasteiger charge is -2.22. The molecular formula is C10H18O. The van der Waals surface area contributed by atoms with Gasteiger partial charge in [-0.3, -0.25) is 0 Å². The lowest BCUT2D eigenvalue weighted by atomic mass is 9.89. The van der Waals surface area contributed by atoms with E-state index >= 15 is 0 Å². The fraction of sp³-hybridized carbons (Fsp3) is 1.00. The Labute approximate surface area is 69.1 Å². The zero-order chi connectivity index (χ0) is 7.52. The zero-order valence-electron chi connectivity index (χ0n) is 7.22. The minimum absolute atomic E-state index is 1.02. The second kappa shape index (κ2) is 3.57. The van der Waals surface area contributed by atoms with Crippen LogP contribution in [0, 0.1) is 11.8 Å². The van der Waals surface area contributed by atoms with Gasteiger partial charge in [0.1, 0.15) is 0 Å². The zero-order valence-corrected chi connectivity index (χ0v) is 7.22. The molecule has 2 atom stereocenters. The van der Waals surface area contributed by atoms with Gasteiger partial charge in [-0.25, -0.2) is 0 Å². The van der Waals surface area contributed by atoms with E-state index in [-0.39, 0.29) is 0 Å². The molecule has 0 bridgehead atoms. The first-order valence-electron chi connectivity index (χ1n) is 5.04. The Bertz CT molecular complexity index is 108. The summed E-state index contributed by atoms with van der Waals surface area (Å²) in [6, 6.07) is 0. The van der Waals surface area contributed by atoms with Gasteiger partial charge in [0.15, 0.2) is 0 Å². The van der Waals surface area contributed by atoms with Crippen molar-refractivity contribution in [2.45, 2.75) is 38.5 Å².